The summed E-state index contributed by atoms with van der Waals surface area (Å²) in [6, 6.07) is 17.5. The number of hydrogen-bond donors (Lipinski definition) is 2. The molecule has 168 valence electrons. The van der Waals surface area contributed by atoms with Crippen LogP contribution in [0.3, 0.4) is 0 Å². The number of carbonyl (C=O) groups excluding carboxylic acids is 1. The third-order valence-electron chi connectivity index (χ3n) is 5.47. The predicted molar refractivity (Wildman–Crippen MR) is 129 cm³/mol. The van der Waals surface area contributed by atoms with Crippen LogP contribution in [0.2, 0.25) is 0 Å². The lowest BCUT2D eigenvalue weighted by atomic mass is 10.1. The average Bonchev–Trinajstić information content (AvgIpc) is 3.53. The summed E-state index contributed by atoms with van der Waals surface area (Å²) in [5, 5.41) is 6.42. The summed E-state index contributed by atoms with van der Waals surface area (Å²) in [7, 11) is 0. The number of para-hydroxylation sites is 1. The molecule has 7 nitrogen and oxygen atoms in total. The van der Waals surface area contributed by atoms with Gasteiger partial charge in [0.1, 0.15) is 5.75 Å². The summed E-state index contributed by atoms with van der Waals surface area (Å²) in [6.07, 6.45) is 5.81. The van der Waals surface area contributed by atoms with Crippen molar-refractivity contribution in [3.05, 3.63) is 72.6 Å². The summed E-state index contributed by atoms with van der Waals surface area (Å²) in [6.45, 7) is 5.06. The molecule has 7 heteroatoms. The molecule has 2 N–H and O–H groups in total. The van der Waals surface area contributed by atoms with Crippen LogP contribution in [-0.4, -0.2) is 32.9 Å². The zero-order chi connectivity index (χ0) is 22.8. The van der Waals surface area contributed by atoms with E-state index in [1.54, 1.807) is 0 Å². The molecule has 0 aliphatic heterocycles. The Morgan fingerprint density at radius 1 is 1.12 bits per heavy atom. The number of amides is 1. The summed E-state index contributed by atoms with van der Waals surface area (Å²) >= 11 is 0. The molecule has 0 saturated heterocycles. The molecule has 1 saturated carbocycles. The van der Waals surface area contributed by atoms with E-state index in [2.05, 4.69) is 34.4 Å². The maximum absolute atomic E-state index is 12.3. The number of hydrogen-bond acceptors (Lipinski definition) is 5. The van der Waals surface area contributed by atoms with Gasteiger partial charge in [-0.3, -0.25) is 9.20 Å². The van der Waals surface area contributed by atoms with Crippen molar-refractivity contribution in [2.75, 3.05) is 11.9 Å². The first kappa shape index (κ1) is 21.0. The lowest BCUT2D eigenvalue weighted by molar-refractivity contribution is 0.0951. The van der Waals surface area contributed by atoms with Gasteiger partial charge in [-0.1, -0.05) is 44.2 Å². The van der Waals surface area contributed by atoms with E-state index in [1.807, 2.05) is 71.4 Å². The molecule has 0 unspecified atom stereocenters. The Balaban J connectivity index is 1.50. The maximum Gasteiger partial charge on any atom is 0.251 e. The van der Waals surface area contributed by atoms with Crippen molar-refractivity contribution in [2.45, 2.75) is 32.7 Å². The lowest BCUT2D eigenvalue weighted by Crippen LogP contribution is -2.25. The largest absolute Gasteiger partial charge is 0.437 e. The fraction of sp³-hybridized carbons (Fsp3) is 0.269. The number of ether oxygens (including phenoxy) is 1. The minimum Gasteiger partial charge on any atom is -0.437 e. The van der Waals surface area contributed by atoms with Gasteiger partial charge in [0, 0.05) is 23.7 Å². The second kappa shape index (κ2) is 8.94. The molecular weight excluding hydrogens is 414 g/mol. The number of benzene rings is 2. The summed E-state index contributed by atoms with van der Waals surface area (Å²) < 4.78 is 8.01. The standard InChI is InChI=1S/C26H27N5O2/c1-17(2)14-27-24-25-28-15-22(18-8-10-19(11-9-18)26(32)29-20-12-13-20)31(25)16-23(30-24)33-21-6-4-3-5-7-21/h3-11,15-17,20H,12-14H2,1-2H3,(H,27,30)(H,29,32). The first-order valence-electron chi connectivity index (χ1n) is 11.3. The third-order valence-corrected chi connectivity index (χ3v) is 5.47. The highest BCUT2D eigenvalue weighted by Gasteiger charge is 2.23. The van der Waals surface area contributed by atoms with Gasteiger partial charge in [-0.25, -0.2) is 4.98 Å². The molecular formula is C26H27N5O2. The van der Waals surface area contributed by atoms with Crippen LogP contribution in [0.15, 0.2) is 67.0 Å². The molecule has 0 bridgehead atoms. The Bertz CT molecular complexity index is 1260. The van der Waals surface area contributed by atoms with Gasteiger partial charge in [0.2, 0.25) is 5.88 Å². The number of imidazole rings is 1. The first-order valence-corrected chi connectivity index (χ1v) is 11.3. The Hall–Kier alpha value is -3.87. The quantitative estimate of drug-likeness (QED) is 0.395. The van der Waals surface area contributed by atoms with E-state index in [0.717, 1.165) is 36.3 Å². The summed E-state index contributed by atoms with van der Waals surface area (Å²) in [4.78, 5) is 21.6. The van der Waals surface area contributed by atoms with Gasteiger partial charge in [-0.05, 0) is 43.0 Å². The van der Waals surface area contributed by atoms with E-state index in [9.17, 15) is 4.79 Å². The molecule has 4 aromatic rings. The molecule has 5 rings (SSSR count). The molecule has 1 amide bonds. The highest BCUT2D eigenvalue weighted by Crippen LogP contribution is 2.29. The molecule has 1 aliphatic carbocycles. The molecule has 0 radical (unpaired) electrons. The Morgan fingerprint density at radius 2 is 1.88 bits per heavy atom. The monoisotopic (exact) mass is 441 g/mol. The van der Waals surface area contributed by atoms with Crippen molar-refractivity contribution < 1.29 is 9.53 Å². The van der Waals surface area contributed by atoms with Crippen LogP contribution in [0, 0.1) is 5.92 Å². The molecule has 0 atom stereocenters. The lowest BCUT2D eigenvalue weighted by Gasteiger charge is -2.13. The van der Waals surface area contributed by atoms with Crippen LogP contribution >= 0.6 is 0 Å². The van der Waals surface area contributed by atoms with E-state index in [1.165, 1.54) is 0 Å². The van der Waals surface area contributed by atoms with Crippen LogP contribution < -0.4 is 15.4 Å². The van der Waals surface area contributed by atoms with Crippen molar-refractivity contribution in [1.82, 2.24) is 19.7 Å². The minimum absolute atomic E-state index is 0.0230. The summed E-state index contributed by atoms with van der Waals surface area (Å²) in [5.74, 6) is 2.29. The highest BCUT2D eigenvalue weighted by molar-refractivity contribution is 5.95. The summed E-state index contributed by atoms with van der Waals surface area (Å²) in [5.41, 5.74) is 3.24. The van der Waals surface area contributed by atoms with Gasteiger partial charge in [-0.2, -0.15) is 4.98 Å². The predicted octanol–water partition coefficient (Wildman–Crippen LogP) is 5.15. The molecule has 2 aromatic carbocycles. The fourth-order valence-corrected chi connectivity index (χ4v) is 3.55. The van der Waals surface area contributed by atoms with Crippen molar-refractivity contribution >= 4 is 17.4 Å². The number of aromatic nitrogens is 3. The van der Waals surface area contributed by atoms with E-state index in [-0.39, 0.29) is 5.91 Å². The third kappa shape index (κ3) is 4.82. The van der Waals surface area contributed by atoms with E-state index >= 15 is 0 Å². The number of anilines is 1. The molecule has 2 aromatic heterocycles. The van der Waals surface area contributed by atoms with Crippen LogP contribution in [0.25, 0.3) is 16.9 Å². The second-order valence-electron chi connectivity index (χ2n) is 8.78. The van der Waals surface area contributed by atoms with Crippen molar-refractivity contribution in [3.8, 4) is 22.9 Å². The number of fused-ring (bicyclic) bond motifs is 1. The molecule has 33 heavy (non-hydrogen) atoms. The van der Waals surface area contributed by atoms with E-state index in [0.29, 0.717) is 35.0 Å². The topological polar surface area (TPSA) is 80.5 Å². The van der Waals surface area contributed by atoms with Gasteiger partial charge in [0.25, 0.3) is 5.91 Å². The van der Waals surface area contributed by atoms with E-state index in [4.69, 9.17) is 4.74 Å². The fourth-order valence-electron chi connectivity index (χ4n) is 3.55. The number of nitrogens with one attached hydrogen (secondary N) is 2. The van der Waals surface area contributed by atoms with Gasteiger partial charge in [0.05, 0.1) is 18.1 Å². The average molecular weight is 442 g/mol. The molecule has 1 fully saturated rings. The molecule has 2 heterocycles. The smallest absolute Gasteiger partial charge is 0.251 e. The number of nitrogens with zero attached hydrogens (tertiary/aromatic N) is 3. The normalized spacial score (nSPS) is 13.3. The van der Waals surface area contributed by atoms with Gasteiger partial charge >= 0.3 is 0 Å². The van der Waals surface area contributed by atoms with Crippen molar-refractivity contribution in [2.24, 2.45) is 5.92 Å². The van der Waals surface area contributed by atoms with Crippen molar-refractivity contribution in [3.63, 3.8) is 0 Å². The van der Waals surface area contributed by atoms with Gasteiger partial charge < -0.3 is 15.4 Å². The number of rotatable bonds is 8. The molecule has 0 spiro atoms. The SMILES string of the molecule is CC(C)CNc1nc(Oc2ccccc2)cn2c(-c3ccc(C(=O)NC4CC4)cc3)cnc12. The number of carbonyl (C=O) groups is 1. The Kier molecular flexibility index (Phi) is 5.69. The zero-order valence-electron chi connectivity index (χ0n) is 18.8. The van der Waals surface area contributed by atoms with Crippen LogP contribution in [0.1, 0.15) is 37.0 Å². The Morgan fingerprint density at radius 3 is 2.58 bits per heavy atom. The van der Waals surface area contributed by atoms with Crippen LogP contribution in [0.5, 0.6) is 11.6 Å². The van der Waals surface area contributed by atoms with Gasteiger partial charge in [0.15, 0.2) is 11.5 Å². The minimum atomic E-state index is -0.0230. The maximum atomic E-state index is 12.3. The van der Waals surface area contributed by atoms with Crippen LogP contribution in [-0.2, 0) is 0 Å². The van der Waals surface area contributed by atoms with Gasteiger partial charge in [-0.15, -0.1) is 0 Å². The van der Waals surface area contributed by atoms with Crippen LogP contribution in [0.4, 0.5) is 5.82 Å². The second-order valence-corrected chi connectivity index (χ2v) is 8.78. The van der Waals surface area contributed by atoms with E-state index < -0.39 is 0 Å². The van der Waals surface area contributed by atoms with Crippen molar-refractivity contribution in [1.29, 1.82) is 0 Å². The highest BCUT2D eigenvalue weighted by atomic mass is 16.5. The first-order chi connectivity index (χ1) is 16.1. The zero-order valence-corrected chi connectivity index (χ0v) is 18.8. The molecule has 1 aliphatic rings. The Labute approximate surface area is 192 Å².